The van der Waals surface area contributed by atoms with E-state index in [1.807, 2.05) is 54.9 Å². The van der Waals surface area contributed by atoms with Crippen molar-refractivity contribution >= 4 is 28.9 Å². The third-order valence-corrected chi connectivity index (χ3v) is 7.95. The van der Waals surface area contributed by atoms with Gasteiger partial charge < -0.3 is 34.7 Å². The lowest BCUT2D eigenvalue weighted by Crippen LogP contribution is -2.43. The zero-order valence-electron chi connectivity index (χ0n) is 22.2. The second-order valence-electron chi connectivity index (χ2n) is 10.3. The van der Waals surface area contributed by atoms with Crippen molar-refractivity contribution in [3.63, 3.8) is 0 Å². The van der Waals surface area contributed by atoms with Gasteiger partial charge in [-0.25, -0.2) is 4.99 Å². The number of amides is 1. The first-order valence-corrected chi connectivity index (χ1v) is 13.5. The molecule has 0 bridgehead atoms. The zero-order valence-corrected chi connectivity index (χ0v) is 22.2. The maximum absolute atomic E-state index is 13.4. The number of amidine groups is 1. The fourth-order valence-electron chi connectivity index (χ4n) is 6.00. The Kier molecular flexibility index (Phi) is 5.95. The topological polar surface area (TPSA) is 118 Å². The summed E-state index contributed by atoms with van der Waals surface area (Å²) in [6.45, 7) is 2.56. The molecular weight excluding hydrogens is 508 g/mol. The molecule has 0 unspecified atom stereocenters. The molecule has 2 aromatic carbocycles. The van der Waals surface area contributed by atoms with E-state index < -0.39 is 0 Å². The van der Waals surface area contributed by atoms with Crippen LogP contribution in [0.3, 0.4) is 0 Å². The van der Waals surface area contributed by atoms with Gasteiger partial charge in [0.25, 0.3) is 6.01 Å². The summed E-state index contributed by atoms with van der Waals surface area (Å²) in [5.74, 6) is 1.66. The van der Waals surface area contributed by atoms with Crippen molar-refractivity contribution in [1.82, 2.24) is 20.1 Å². The minimum atomic E-state index is -0.281. The average molecular weight is 539 g/mol. The molecule has 4 aliphatic rings. The SMILES string of the molecule is COc1ccc(CNC(=O)[C@@H]2CCCN2C2=COCC3=C4C2=CN=C(c2ccc5oc(N)nc5c2)N4CC3)cc1. The number of ether oxygens (including phenoxy) is 2. The van der Waals surface area contributed by atoms with Gasteiger partial charge in [0, 0.05) is 37.0 Å². The number of methoxy groups -OCH3 is 1. The number of nitrogens with two attached hydrogens (primary N) is 1. The number of hydrogen-bond donors (Lipinski definition) is 2. The number of nitrogen functional groups attached to an aromatic ring is 1. The number of anilines is 1. The number of likely N-dealkylation sites (tertiary alicyclic amines) is 1. The van der Waals surface area contributed by atoms with Gasteiger partial charge in [-0.3, -0.25) is 4.79 Å². The molecule has 3 aromatic rings. The molecule has 0 saturated carbocycles. The Balaban J connectivity index is 1.16. The van der Waals surface area contributed by atoms with Crippen LogP contribution in [0.4, 0.5) is 6.01 Å². The molecule has 1 aromatic heterocycles. The minimum Gasteiger partial charge on any atom is -0.497 e. The Morgan fingerprint density at radius 3 is 2.92 bits per heavy atom. The highest BCUT2D eigenvalue weighted by molar-refractivity contribution is 6.04. The van der Waals surface area contributed by atoms with Crippen molar-refractivity contribution in [2.75, 3.05) is 32.5 Å². The molecule has 1 fully saturated rings. The summed E-state index contributed by atoms with van der Waals surface area (Å²) in [5, 5.41) is 3.13. The molecule has 1 saturated heterocycles. The summed E-state index contributed by atoms with van der Waals surface area (Å²) in [4.78, 5) is 27.0. The molecule has 4 aliphatic heterocycles. The molecule has 7 rings (SSSR count). The Labute approximate surface area is 231 Å². The molecule has 204 valence electrons. The summed E-state index contributed by atoms with van der Waals surface area (Å²) >= 11 is 0. The largest absolute Gasteiger partial charge is 0.497 e. The third-order valence-electron chi connectivity index (χ3n) is 7.95. The van der Waals surface area contributed by atoms with Crippen LogP contribution in [-0.2, 0) is 16.1 Å². The zero-order chi connectivity index (χ0) is 27.2. The third kappa shape index (κ3) is 4.16. The van der Waals surface area contributed by atoms with Crippen LogP contribution >= 0.6 is 0 Å². The van der Waals surface area contributed by atoms with E-state index in [1.54, 1.807) is 7.11 Å². The first kappa shape index (κ1) is 24.3. The molecule has 0 aliphatic carbocycles. The number of carbonyl (C=O) groups is 1. The lowest BCUT2D eigenvalue weighted by Gasteiger charge is -2.34. The lowest BCUT2D eigenvalue weighted by molar-refractivity contribution is -0.125. The van der Waals surface area contributed by atoms with E-state index in [2.05, 4.69) is 20.1 Å². The van der Waals surface area contributed by atoms with Crippen LogP contribution < -0.4 is 15.8 Å². The Morgan fingerprint density at radius 2 is 2.08 bits per heavy atom. The molecule has 0 radical (unpaired) electrons. The Bertz CT molecular complexity index is 1620. The van der Waals surface area contributed by atoms with Crippen molar-refractivity contribution < 1.29 is 18.7 Å². The molecule has 5 heterocycles. The van der Waals surface area contributed by atoms with Gasteiger partial charge in [0.15, 0.2) is 5.58 Å². The maximum atomic E-state index is 13.4. The van der Waals surface area contributed by atoms with Gasteiger partial charge in [0.05, 0.1) is 18.5 Å². The Morgan fingerprint density at radius 1 is 1.20 bits per heavy atom. The van der Waals surface area contributed by atoms with Crippen molar-refractivity contribution in [2.24, 2.45) is 4.99 Å². The fourth-order valence-corrected chi connectivity index (χ4v) is 6.00. The van der Waals surface area contributed by atoms with Crippen LogP contribution in [0, 0.1) is 0 Å². The smallest absolute Gasteiger partial charge is 0.292 e. The van der Waals surface area contributed by atoms with Crippen LogP contribution in [0.25, 0.3) is 11.1 Å². The van der Waals surface area contributed by atoms with Crippen LogP contribution in [0.1, 0.15) is 30.4 Å². The molecule has 1 atom stereocenters. The van der Waals surface area contributed by atoms with Crippen molar-refractivity contribution in [3.8, 4) is 5.75 Å². The van der Waals surface area contributed by atoms with E-state index in [1.165, 1.54) is 5.57 Å². The van der Waals surface area contributed by atoms with Crippen molar-refractivity contribution in [2.45, 2.75) is 31.8 Å². The molecule has 10 heteroatoms. The number of nitrogens with one attached hydrogen (secondary N) is 1. The van der Waals surface area contributed by atoms with Gasteiger partial charge in [0.2, 0.25) is 5.91 Å². The molecular formula is C30H30N6O4. The highest BCUT2D eigenvalue weighted by atomic mass is 16.5. The van der Waals surface area contributed by atoms with Crippen LogP contribution in [0.2, 0.25) is 0 Å². The summed E-state index contributed by atoms with van der Waals surface area (Å²) < 4.78 is 16.7. The normalized spacial score (nSPS) is 20.0. The maximum Gasteiger partial charge on any atom is 0.292 e. The number of hydrogen-bond acceptors (Lipinski definition) is 9. The van der Waals surface area contributed by atoms with E-state index in [4.69, 9.17) is 24.6 Å². The van der Waals surface area contributed by atoms with E-state index in [0.717, 1.165) is 72.0 Å². The van der Waals surface area contributed by atoms with Gasteiger partial charge in [-0.05, 0) is 60.7 Å². The number of benzene rings is 2. The highest BCUT2D eigenvalue weighted by Gasteiger charge is 2.40. The molecule has 3 N–H and O–H groups in total. The predicted octanol–water partition coefficient (Wildman–Crippen LogP) is 3.67. The number of aliphatic imine (C=N–C) groups is 1. The second kappa shape index (κ2) is 9.78. The minimum absolute atomic E-state index is 0.0109. The van der Waals surface area contributed by atoms with Gasteiger partial charge >= 0.3 is 0 Å². The first-order chi connectivity index (χ1) is 19.6. The summed E-state index contributed by atoms with van der Waals surface area (Å²) in [7, 11) is 1.64. The number of carbonyl (C=O) groups excluding carboxylic acids is 1. The van der Waals surface area contributed by atoms with Gasteiger partial charge in [-0.1, -0.05) is 12.1 Å². The number of nitrogens with zero attached hydrogens (tertiary/aromatic N) is 4. The van der Waals surface area contributed by atoms with Gasteiger partial charge in [-0.2, -0.15) is 4.98 Å². The first-order valence-electron chi connectivity index (χ1n) is 13.5. The van der Waals surface area contributed by atoms with Crippen LogP contribution in [-0.4, -0.2) is 59.4 Å². The van der Waals surface area contributed by atoms with Gasteiger partial charge in [-0.15, -0.1) is 0 Å². The lowest BCUT2D eigenvalue weighted by atomic mass is 10.0. The summed E-state index contributed by atoms with van der Waals surface area (Å²) in [6.07, 6.45) is 6.32. The molecule has 40 heavy (non-hydrogen) atoms. The van der Waals surface area contributed by atoms with Crippen molar-refractivity contribution in [1.29, 1.82) is 0 Å². The number of aromatic nitrogens is 1. The van der Waals surface area contributed by atoms with Crippen LogP contribution in [0.5, 0.6) is 5.75 Å². The Hall–Kier alpha value is -4.73. The highest BCUT2D eigenvalue weighted by Crippen LogP contribution is 2.41. The monoisotopic (exact) mass is 538 g/mol. The van der Waals surface area contributed by atoms with Crippen LogP contribution in [0.15, 0.2) is 86.9 Å². The van der Waals surface area contributed by atoms with E-state index >= 15 is 0 Å². The van der Waals surface area contributed by atoms with E-state index in [9.17, 15) is 4.79 Å². The second-order valence-corrected chi connectivity index (χ2v) is 10.3. The standard InChI is InChI=1S/C30H30N6O4/c1-38-21-7-4-18(5-8-21)14-33-29(37)24-3-2-11-35(24)25-17-39-16-20-10-12-36-27(20)22(25)15-32-28(36)19-6-9-26-23(13-19)34-30(31)40-26/h4-9,13,15,17,24H,2-3,10-12,14,16H2,1H3,(H2,31,34)(H,33,37)/t24-/m0/s1. The van der Waals surface area contributed by atoms with E-state index in [-0.39, 0.29) is 18.0 Å². The predicted molar refractivity (Wildman–Crippen MR) is 150 cm³/mol. The van der Waals surface area contributed by atoms with Gasteiger partial charge in [0.1, 0.15) is 36.0 Å². The summed E-state index contributed by atoms with van der Waals surface area (Å²) in [5.41, 5.74) is 13.3. The van der Waals surface area contributed by atoms with E-state index in [0.29, 0.717) is 24.3 Å². The number of fused-ring (bicyclic) bond motifs is 1. The number of oxazole rings is 1. The average Bonchev–Trinajstić information content (AvgIpc) is 3.69. The quantitative estimate of drug-likeness (QED) is 0.488. The molecule has 0 spiro atoms. The number of rotatable bonds is 6. The van der Waals surface area contributed by atoms with Crippen molar-refractivity contribution in [3.05, 3.63) is 88.6 Å². The summed E-state index contributed by atoms with van der Waals surface area (Å²) in [6, 6.07) is 13.4. The molecule has 10 nitrogen and oxygen atoms in total. The fraction of sp³-hybridized carbons (Fsp3) is 0.300. The molecule has 1 amide bonds.